The van der Waals surface area contributed by atoms with Crippen molar-refractivity contribution >= 4 is 5.91 Å². The van der Waals surface area contributed by atoms with Crippen molar-refractivity contribution in [2.75, 3.05) is 33.9 Å². The van der Waals surface area contributed by atoms with E-state index in [9.17, 15) is 4.79 Å². The fraction of sp³-hybridized carbons (Fsp3) is 0.923. The molecule has 1 saturated heterocycles. The van der Waals surface area contributed by atoms with Gasteiger partial charge in [-0.1, -0.05) is 0 Å². The van der Waals surface area contributed by atoms with E-state index < -0.39 is 0 Å². The fourth-order valence-corrected chi connectivity index (χ4v) is 2.33. The van der Waals surface area contributed by atoms with Crippen molar-refractivity contribution in [1.29, 1.82) is 0 Å². The number of nitrogens with zero attached hydrogens (tertiary/aromatic N) is 1. The van der Waals surface area contributed by atoms with Gasteiger partial charge in [0.25, 0.3) is 0 Å². The molecule has 5 heteroatoms. The Morgan fingerprint density at radius 3 is 2.89 bits per heavy atom. The summed E-state index contributed by atoms with van der Waals surface area (Å²) in [6.07, 6.45) is 2.22. The molecule has 3 unspecified atom stereocenters. The molecule has 0 aromatic carbocycles. The number of piperidine rings is 1. The van der Waals surface area contributed by atoms with Gasteiger partial charge in [0.05, 0.1) is 13.2 Å². The predicted molar refractivity (Wildman–Crippen MR) is 72.6 cm³/mol. The van der Waals surface area contributed by atoms with Crippen LogP contribution >= 0.6 is 0 Å². The molecule has 0 aromatic rings. The SMILES string of the molecule is COCC(C)NC(=O)CNC1CCN(C)C(C)C1. The molecule has 0 aromatic heterocycles. The molecule has 0 spiro atoms. The van der Waals surface area contributed by atoms with Crippen molar-refractivity contribution in [2.45, 2.75) is 44.8 Å². The van der Waals surface area contributed by atoms with Crippen LogP contribution in [0.4, 0.5) is 0 Å². The lowest BCUT2D eigenvalue weighted by Gasteiger charge is -2.35. The van der Waals surface area contributed by atoms with E-state index in [1.54, 1.807) is 7.11 Å². The number of nitrogens with one attached hydrogen (secondary N) is 2. The molecule has 0 radical (unpaired) electrons. The highest BCUT2D eigenvalue weighted by atomic mass is 16.5. The maximum Gasteiger partial charge on any atom is 0.234 e. The first-order valence-corrected chi connectivity index (χ1v) is 6.74. The maximum atomic E-state index is 11.7. The van der Waals surface area contributed by atoms with Crippen LogP contribution < -0.4 is 10.6 Å². The van der Waals surface area contributed by atoms with Crippen LogP contribution in [0.2, 0.25) is 0 Å². The number of carbonyl (C=O) groups is 1. The lowest BCUT2D eigenvalue weighted by Crippen LogP contribution is -2.49. The van der Waals surface area contributed by atoms with Gasteiger partial charge >= 0.3 is 0 Å². The molecule has 1 heterocycles. The Labute approximate surface area is 110 Å². The molecule has 2 N–H and O–H groups in total. The third-order valence-electron chi connectivity index (χ3n) is 3.58. The van der Waals surface area contributed by atoms with E-state index in [2.05, 4.69) is 29.5 Å². The summed E-state index contributed by atoms with van der Waals surface area (Å²) in [5.41, 5.74) is 0. The highest BCUT2D eigenvalue weighted by molar-refractivity contribution is 5.78. The van der Waals surface area contributed by atoms with E-state index >= 15 is 0 Å². The van der Waals surface area contributed by atoms with Crippen LogP contribution in [-0.2, 0) is 9.53 Å². The summed E-state index contributed by atoms with van der Waals surface area (Å²) in [5, 5.41) is 6.24. The minimum atomic E-state index is 0.0473. The van der Waals surface area contributed by atoms with Crippen molar-refractivity contribution < 1.29 is 9.53 Å². The second-order valence-electron chi connectivity index (χ2n) is 5.36. The summed E-state index contributed by atoms with van der Waals surface area (Å²) in [5.74, 6) is 0.0473. The monoisotopic (exact) mass is 257 g/mol. The molecule has 5 nitrogen and oxygen atoms in total. The van der Waals surface area contributed by atoms with E-state index in [1.807, 2.05) is 6.92 Å². The fourth-order valence-electron chi connectivity index (χ4n) is 2.33. The third-order valence-corrected chi connectivity index (χ3v) is 3.58. The summed E-state index contributed by atoms with van der Waals surface area (Å²) in [6.45, 7) is 6.22. The number of hydrogen-bond acceptors (Lipinski definition) is 4. The average molecular weight is 257 g/mol. The Kier molecular flexibility index (Phi) is 6.60. The van der Waals surface area contributed by atoms with Gasteiger partial charge in [-0.2, -0.15) is 0 Å². The molecule has 1 rings (SSSR count). The minimum Gasteiger partial charge on any atom is -0.383 e. The number of carbonyl (C=O) groups excluding carboxylic acids is 1. The van der Waals surface area contributed by atoms with Crippen LogP contribution in [-0.4, -0.2) is 62.8 Å². The zero-order chi connectivity index (χ0) is 13.5. The number of ether oxygens (including phenoxy) is 1. The summed E-state index contributed by atoms with van der Waals surface area (Å²) < 4.78 is 4.98. The quantitative estimate of drug-likeness (QED) is 0.714. The lowest BCUT2D eigenvalue weighted by molar-refractivity contribution is -0.121. The van der Waals surface area contributed by atoms with Gasteiger partial charge in [-0.3, -0.25) is 4.79 Å². The molecule has 0 aliphatic carbocycles. The van der Waals surface area contributed by atoms with Crippen LogP contribution in [0.5, 0.6) is 0 Å². The second-order valence-corrected chi connectivity index (χ2v) is 5.36. The smallest absolute Gasteiger partial charge is 0.234 e. The molecule has 0 bridgehead atoms. The first-order valence-electron chi connectivity index (χ1n) is 6.74. The van der Waals surface area contributed by atoms with Gasteiger partial charge in [0, 0.05) is 25.2 Å². The molecular weight excluding hydrogens is 230 g/mol. The van der Waals surface area contributed by atoms with E-state index in [1.165, 1.54) is 0 Å². The number of rotatable bonds is 6. The van der Waals surface area contributed by atoms with Crippen molar-refractivity contribution in [3.63, 3.8) is 0 Å². The van der Waals surface area contributed by atoms with Gasteiger partial charge < -0.3 is 20.3 Å². The van der Waals surface area contributed by atoms with Crippen LogP contribution in [0.15, 0.2) is 0 Å². The Hall–Kier alpha value is -0.650. The van der Waals surface area contributed by atoms with Crippen molar-refractivity contribution in [3.05, 3.63) is 0 Å². The van der Waals surface area contributed by atoms with Crippen molar-refractivity contribution in [2.24, 2.45) is 0 Å². The summed E-state index contributed by atoms with van der Waals surface area (Å²) in [6, 6.07) is 1.12. The largest absolute Gasteiger partial charge is 0.383 e. The van der Waals surface area contributed by atoms with Gasteiger partial charge in [-0.25, -0.2) is 0 Å². The first-order chi connectivity index (χ1) is 8.52. The molecule has 1 aliphatic rings. The summed E-state index contributed by atoms with van der Waals surface area (Å²) in [7, 11) is 3.79. The highest BCUT2D eigenvalue weighted by Gasteiger charge is 2.22. The van der Waals surface area contributed by atoms with E-state index in [0.717, 1.165) is 19.4 Å². The average Bonchev–Trinajstić information content (AvgIpc) is 2.31. The van der Waals surface area contributed by atoms with Gasteiger partial charge in [0.2, 0.25) is 5.91 Å². The standard InChI is InChI=1S/C13H27N3O2/c1-10(9-18-4)15-13(17)8-14-12-5-6-16(3)11(2)7-12/h10-12,14H,5-9H2,1-4H3,(H,15,17). The maximum absolute atomic E-state index is 11.7. The summed E-state index contributed by atoms with van der Waals surface area (Å²) >= 11 is 0. The van der Waals surface area contributed by atoms with Crippen molar-refractivity contribution in [3.8, 4) is 0 Å². The highest BCUT2D eigenvalue weighted by Crippen LogP contribution is 2.14. The van der Waals surface area contributed by atoms with Gasteiger partial charge in [0.15, 0.2) is 0 Å². The van der Waals surface area contributed by atoms with E-state index in [0.29, 0.717) is 25.2 Å². The van der Waals surface area contributed by atoms with Crippen LogP contribution in [0.3, 0.4) is 0 Å². The lowest BCUT2D eigenvalue weighted by atomic mass is 9.99. The zero-order valence-electron chi connectivity index (χ0n) is 12.0. The van der Waals surface area contributed by atoms with Crippen LogP contribution in [0.25, 0.3) is 0 Å². The Balaban J connectivity index is 2.18. The van der Waals surface area contributed by atoms with Crippen LogP contribution in [0.1, 0.15) is 26.7 Å². The normalized spacial score (nSPS) is 26.9. The van der Waals surface area contributed by atoms with Gasteiger partial charge in [-0.15, -0.1) is 0 Å². The van der Waals surface area contributed by atoms with Crippen LogP contribution in [0, 0.1) is 0 Å². The van der Waals surface area contributed by atoms with Crippen molar-refractivity contribution in [1.82, 2.24) is 15.5 Å². The molecule has 1 aliphatic heterocycles. The molecule has 1 fully saturated rings. The molecule has 106 valence electrons. The topological polar surface area (TPSA) is 53.6 Å². The third kappa shape index (κ3) is 5.33. The molecule has 18 heavy (non-hydrogen) atoms. The van der Waals surface area contributed by atoms with Gasteiger partial charge in [0.1, 0.15) is 0 Å². The Morgan fingerprint density at radius 1 is 1.56 bits per heavy atom. The van der Waals surface area contributed by atoms with E-state index in [4.69, 9.17) is 4.74 Å². The first kappa shape index (κ1) is 15.4. The number of hydrogen-bond donors (Lipinski definition) is 2. The van der Waals surface area contributed by atoms with E-state index in [-0.39, 0.29) is 11.9 Å². The second kappa shape index (κ2) is 7.71. The molecule has 3 atom stereocenters. The summed E-state index contributed by atoms with van der Waals surface area (Å²) in [4.78, 5) is 14.0. The number of amides is 1. The van der Waals surface area contributed by atoms with Gasteiger partial charge in [-0.05, 0) is 40.3 Å². The molecule has 0 saturated carbocycles. The minimum absolute atomic E-state index is 0.0473. The number of methoxy groups -OCH3 is 1. The number of likely N-dealkylation sites (tertiary alicyclic amines) is 1. The Morgan fingerprint density at radius 2 is 2.28 bits per heavy atom. The predicted octanol–water partition coefficient (Wildman–Crippen LogP) is 0.210. The Bertz CT molecular complexity index is 261. The zero-order valence-corrected chi connectivity index (χ0v) is 12.0. The molecule has 1 amide bonds. The molecular formula is C13H27N3O2.